The van der Waals surface area contributed by atoms with E-state index >= 15 is 0 Å². The molecule has 1 atom stereocenters. The summed E-state index contributed by atoms with van der Waals surface area (Å²) >= 11 is 0. The Morgan fingerprint density at radius 1 is 1.12 bits per heavy atom. The van der Waals surface area contributed by atoms with Gasteiger partial charge in [0.1, 0.15) is 23.6 Å². The SMILES string of the molecule is CC(C)[C@H]1COC(c2cccc(Oc3ccc4cccc(O)c4n3)c2)=N1. The van der Waals surface area contributed by atoms with E-state index in [1.807, 2.05) is 36.4 Å². The van der Waals surface area contributed by atoms with Crippen LogP contribution in [0.25, 0.3) is 10.9 Å². The van der Waals surface area contributed by atoms with Crippen molar-refractivity contribution in [3.63, 3.8) is 0 Å². The molecule has 2 aromatic carbocycles. The predicted molar refractivity (Wildman–Crippen MR) is 101 cm³/mol. The summed E-state index contributed by atoms with van der Waals surface area (Å²) in [5, 5.41) is 10.8. The van der Waals surface area contributed by atoms with Crippen LogP contribution in [0.5, 0.6) is 17.4 Å². The van der Waals surface area contributed by atoms with Crippen LogP contribution in [0.1, 0.15) is 19.4 Å². The van der Waals surface area contributed by atoms with Crippen molar-refractivity contribution in [2.45, 2.75) is 19.9 Å². The van der Waals surface area contributed by atoms with Crippen LogP contribution in [0, 0.1) is 5.92 Å². The second-order valence-electron chi connectivity index (χ2n) is 6.68. The van der Waals surface area contributed by atoms with Gasteiger partial charge in [0.15, 0.2) is 0 Å². The smallest absolute Gasteiger partial charge is 0.219 e. The van der Waals surface area contributed by atoms with E-state index < -0.39 is 0 Å². The van der Waals surface area contributed by atoms with Gasteiger partial charge in [0, 0.05) is 17.0 Å². The number of pyridine rings is 1. The highest BCUT2D eigenvalue weighted by Gasteiger charge is 2.22. The third kappa shape index (κ3) is 3.20. The predicted octanol–water partition coefficient (Wildman–Crippen LogP) is 4.53. The second kappa shape index (κ2) is 6.67. The average Bonchev–Trinajstić information content (AvgIpc) is 3.13. The molecule has 3 aromatic rings. The van der Waals surface area contributed by atoms with Crippen molar-refractivity contribution in [1.29, 1.82) is 0 Å². The number of aromatic hydroxyl groups is 1. The maximum Gasteiger partial charge on any atom is 0.219 e. The minimum absolute atomic E-state index is 0.134. The van der Waals surface area contributed by atoms with Crippen LogP contribution >= 0.6 is 0 Å². The Balaban J connectivity index is 1.60. The summed E-state index contributed by atoms with van der Waals surface area (Å²) in [4.78, 5) is 9.05. The highest BCUT2D eigenvalue weighted by molar-refractivity contribution is 5.95. The Kier molecular flexibility index (Phi) is 4.21. The molecule has 4 rings (SSSR count). The van der Waals surface area contributed by atoms with Crippen LogP contribution in [0.4, 0.5) is 0 Å². The number of hydrogen-bond acceptors (Lipinski definition) is 5. The van der Waals surface area contributed by atoms with Crippen molar-refractivity contribution in [3.8, 4) is 17.4 Å². The molecular weight excluding hydrogens is 328 g/mol. The molecule has 0 saturated heterocycles. The molecule has 0 unspecified atom stereocenters. The average molecular weight is 348 g/mol. The van der Waals surface area contributed by atoms with Gasteiger partial charge in [-0.05, 0) is 36.2 Å². The van der Waals surface area contributed by atoms with Crippen LogP contribution in [0.15, 0.2) is 59.6 Å². The van der Waals surface area contributed by atoms with Gasteiger partial charge in [0.25, 0.3) is 0 Å². The van der Waals surface area contributed by atoms with E-state index in [9.17, 15) is 5.11 Å². The maximum absolute atomic E-state index is 9.97. The molecule has 132 valence electrons. The number of rotatable bonds is 4. The van der Waals surface area contributed by atoms with Crippen molar-refractivity contribution < 1.29 is 14.6 Å². The van der Waals surface area contributed by atoms with Gasteiger partial charge in [-0.3, -0.25) is 0 Å². The number of aromatic nitrogens is 1. The number of phenols is 1. The van der Waals surface area contributed by atoms with E-state index in [-0.39, 0.29) is 11.8 Å². The maximum atomic E-state index is 9.97. The van der Waals surface area contributed by atoms with Crippen LogP contribution < -0.4 is 4.74 Å². The summed E-state index contributed by atoms with van der Waals surface area (Å²) < 4.78 is 11.6. The zero-order valence-electron chi connectivity index (χ0n) is 14.7. The fraction of sp³-hybridized carbons (Fsp3) is 0.238. The lowest BCUT2D eigenvalue weighted by atomic mass is 10.1. The summed E-state index contributed by atoms with van der Waals surface area (Å²) in [6.45, 7) is 4.89. The number of ether oxygens (including phenoxy) is 2. The lowest BCUT2D eigenvalue weighted by Gasteiger charge is -2.08. The monoisotopic (exact) mass is 348 g/mol. The Morgan fingerprint density at radius 2 is 1.96 bits per heavy atom. The minimum Gasteiger partial charge on any atom is -0.506 e. The molecule has 5 heteroatoms. The first-order valence-electron chi connectivity index (χ1n) is 8.68. The molecule has 0 amide bonds. The first-order valence-corrected chi connectivity index (χ1v) is 8.68. The minimum atomic E-state index is 0.134. The lowest BCUT2D eigenvalue weighted by Crippen LogP contribution is -2.13. The number of hydrogen-bond donors (Lipinski definition) is 1. The summed E-state index contributed by atoms with van der Waals surface area (Å²) in [7, 11) is 0. The first-order chi connectivity index (χ1) is 12.6. The lowest BCUT2D eigenvalue weighted by molar-refractivity contribution is 0.292. The number of phenolic OH excluding ortho intramolecular Hbond substituents is 1. The van der Waals surface area contributed by atoms with Gasteiger partial charge in [-0.1, -0.05) is 32.0 Å². The largest absolute Gasteiger partial charge is 0.506 e. The summed E-state index contributed by atoms with van der Waals surface area (Å²) in [6.07, 6.45) is 0. The molecule has 0 aliphatic carbocycles. The fourth-order valence-electron chi connectivity index (χ4n) is 2.87. The van der Waals surface area contributed by atoms with Gasteiger partial charge in [-0.2, -0.15) is 0 Å². The van der Waals surface area contributed by atoms with E-state index in [0.29, 0.717) is 35.6 Å². The van der Waals surface area contributed by atoms with Crippen LogP contribution in [0.2, 0.25) is 0 Å². The Hall–Kier alpha value is -3.08. The number of aliphatic imine (C=N–C) groups is 1. The quantitative estimate of drug-likeness (QED) is 0.752. The van der Waals surface area contributed by atoms with Crippen LogP contribution in [-0.2, 0) is 4.74 Å². The van der Waals surface area contributed by atoms with Gasteiger partial charge in [0.2, 0.25) is 11.8 Å². The molecule has 1 aliphatic heterocycles. The second-order valence-corrected chi connectivity index (χ2v) is 6.68. The molecular formula is C21H20N2O3. The van der Waals surface area contributed by atoms with Crippen LogP contribution in [0.3, 0.4) is 0 Å². The zero-order valence-corrected chi connectivity index (χ0v) is 14.7. The van der Waals surface area contributed by atoms with E-state index in [4.69, 9.17) is 9.47 Å². The van der Waals surface area contributed by atoms with E-state index in [1.54, 1.807) is 18.2 Å². The molecule has 1 N–H and O–H groups in total. The molecule has 5 nitrogen and oxygen atoms in total. The standard InChI is InChI=1S/C21H20N2O3/c1-13(2)17-12-25-21(22-17)15-6-3-7-16(11-15)26-19-10-9-14-5-4-8-18(24)20(14)23-19/h3-11,13,17,24H,12H2,1-2H3/t17-/m1/s1. The van der Waals surface area contributed by atoms with Crippen molar-refractivity contribution >= 4 is 16.8 Å². The summed E-state index contributed by atoms with van der Waals surface area (Å²) in [6, 6.07) is 16.7. The number of nitrogens with zero attached hydrogens (tertiary/aromatic N) is 2. The Morgan fingerprint density at radius 3 is 2.77 bits per heavy atom. The van der Waals surface area contributed by atoms with Crippen molar-refractivity contribution in [1.82, 2.24) is 4.98 Å². The molecule has 1 aromatic heterocycles. The number of benzene rings is 2. The summed E-state index contributed by atoms with van der Waals surface area (Å²) in [5.41, 5.74) is 1.40. The molecule has 1 aliphatic rings. The highest BCUT2D eigenvalue weighted by atomic mass is 16.5. The zero-order chi connectivity index (χ0) is 18.1. The van der Waals surface area contributed by atoms with Gasteiger partial charge >= 0.3 is 0 Å². The van der Waals surface area contributed by atoms with Gasteiger partial charge < -0.3 is 14.6 Å². The molecule has 0 saturated carbocycles. The normalized spacial score (nSPS) is 16.6. The third-order valence-corrected chi connectivity index (χ3v) is 4.42. The molecule has 0 radical (unpaired) electrons. The number of fused-ring (bicyclic) bond motifs is 1. The van der Waals surface area contributed by atoms with Crippen molar-refractivity contribution in [3.05, 3.63) is 60.2 Å². The number of para-hydroxylation sites is 1. The Labute approximate surface area is 151 Å². The molecule has 0 bridgehead atoms. The molecule has 2 heterocycles. The highest BCUT2D eigenvalue weighted by Crippen LogP contribution is 2.28. The first kappa shape index (κ1) is 16.4. The summed E-state index contributed by atoms with van der Waals surface area (Å²) in [5.74, 6) is 2.30. The van der Waals surface area contributed by atoms with Crippen LogP contribution in [-0.4, -0.2) is 28.6 Å². The Bertz CT molecular complexity index is 982. The molecule has 0 fully saturated rings. The topological polar surface area (TPSA) is 63.9 Å². The molecule has 26 heavy (non-hydrogen) atoms. The molecule has 0 spiro atoms. The van der Waals surface area contributed by atoms with Crippen molar-refractivity contribution in [2.75, 3.05) is 6.61 Å². The van der Waals surface area contributed by atoms with Crippen molar-refractivity contribution in [2.24, 2.45) is 10.9 Å². The third-order valence-electron chi connectivity index (χ3n) is 4.42. The fourth-order valence-corrected chi connectivity index (χ4v) is 2.87. The van der Waals surface area contributed by atoms with Gasteiger partial charge in [-0.15, -0.1) is 0 Å². The van der Waals surface area contributed by atoms with Gasteiger partial charge in [0.05, 0.1) is 6.04 Å². The van der Waals surface area contributed by atoms with E-state index in [0.717, 1.165) is 10.9 Å². The van der Waals surface area contributed by atoms with E-state index in [2.05, 4.69) is 23.8 Å². The van der Waals surface area contributed by atoms with E-state index in [1.165, 1.54) is 0 Å². The van der Waals surface area contributed by atoms with Gasteiger partial charge in [-0.25, -0.2) is 9.98 Å².